The molecule has 0 fully saturated rings. The second kappa shape index (κ2) is 14.8. The van der Waals surface area contributed by atoms with E-state index in [2.05, 4.69) is 5.32 Å². The van der Waals surface area contributed by atoms with Crippen LogP contribution in [0.15, 0.2) is 77.7 Å². The van der Waals surface area contributed by atoms with Crippen molar-refractivity contribution < 1.29 is 27.1 Å². The third-order valence-electron chi connectivity index (χ3n) is 6.79. The van der Waals surface area contributed by atoms with Crippen LogP contribution in [0.5, 0.6) is 5.75 Å². The van der Waals surface area contributed by atoms with Gasteiger partial charge in [-0.1, -0.05) is 45.0 Å². The standard InChI is InChI=1S/C32H40FN3O5S/c1-6-30(32(38)34-20-23(3)4)35(21-25-11-9-8-10-24(25)5)31(37)22-36(27-14-12-26(33)13-15-27)42(39,40)29-18-16-28(17-19-29)41-7-2/h8-19,23,30H,6-7,20-22H2,1-5H3,(H,34,38)/t30-/m1/s1. The average molecular weight is 598 g/mol. The quantitative estimate of drug-likeness (QED) is 0.272. The number of anilines is 1. The molecule has 0 aliphatic carbocycles. The van der Waals surface area contributed by atoms with Gasteiger partial charge in [-0.15, -0.1) is 0 Å². The first-order valence-electron chi connectivity index (χ1n) is 14.1. The van der Waals surface area contributed by atoms with E-state index in [1.54, 1.807) is 0 Å². The van der Waals surface area contributed by atoms with Crippen LogP contribution < -0.4 is 14.4 Å². The molecule has 1 atom stereocenters. The zero-order valence-corrected chi connectivity index (χ0v) is 25.7. The fourth-order valence-electron chi connectivity index (χ4n) is 4.45. The van der Waals surface area contributed by atoms with Crippen molar-refractivity contribution in [1.82, 2.24) is 10.2 Å². The number of benzene rings is 3. The van der Waals surface area contributed by atoms with Crippen LogP contribution in [0.1, 0.15) is 45.2 Å². The van der Waals surface area contributed by atoms with E-state index < -0.39 is 34.3 Å². The molecule has 0 saturated heterocycles. The maximum atomic E-state index is 14.1. The van der Waals surface area contributed by atoms with Crippen LogP contribution in [-0.4, -0.2) is 50.9 Å². The molecule has 42 heavy (non-hydrogen) atoms. The van der Waals surface area contributed by atoms with Crippen LogP contribution >= 0.6 is 0 Å². The van der Waals surface area contributed by atoms with E-state index in [0.717, 1.165) is 27.6 Å². The summed E-state index contributed by atoms with van der Waals surface area (Å²) in [5.41, 5.74) is 1.89. The van der Waals surface area contributed by atoms with E-state index in [-0.39, 0.29) is 29.0 Å². The first kappa shape index (κ1) is 32.6. The van der Waals surface area contributed by atoms with E-state index in [9.17, 15) is 22.4 Å². The molecule has 8 nitrogen and oxygen atoms in total. The number of ether oxygens (including phenoxy) is 1. The highest BCUT2D eigenvalue weighted by molar-refractivity contribution is 7.92. The molecule has 3 rings (SSSR count). The molecule has 0 spiro atoms. The zero-order chi connectivity index (χ0) is 30.9. The smallest absolute Gasteiger partial charge is 0.264 e. The highest BCUT2D eigenvalue weighted by atomic mass is 32.2. The number of hydrogen-bond acceptors (Lipinski definition) is 5. The second-order valence-corrected chi connectivity index (χ2v) is 12.3. The largest absolute Gasteiger partial charge is 0.494 e. The van der Waals surface area contributed by atoms with Gasteiger partial charge in [0.2, 0.25) is 11.8 Å². The number of nitrogens with one attached hydrogen (secondary N) is 1. The summed E-state index contributed by atoms with van der Waals surface area (Å²) < 4.78 is 48.1. The van der Waals surface area contributed by atoms with Gasteiger partial charge in [-0.3, -0.25) is 13.9 Å². The van der Waals surface area contributed by atoms with E-state index in [4.69, 9.17) is 4.74 Å². The highest BCUT2D eigenvalue weighted by Gasteiger charge is 2.34. The number of carbonyl (C=O) groups is 2. The Hall–Kier alpha value is -3.92. The van der Waals surface area contributed by atoms with Crippen LogP contribution in [0.3, 0.4) is 0 Å². The van der Waals surface area contributed by atoms with E-state index in [1.807, 2.05) is 58.9 Å². The van der Waals surface area contributed by atoms with E-state index in [0.29, 0.717) is 25.3 Å². The van der Waals surface area contributed by atoms with Crippen molar-refractivity contribution in [2.75, 3.05) is 24.0 Å². The number of halogens is 1. The molecule has 3 aromatic rings. The molecule has 0 unspecified atom stereocenters. The van der Waals surface area contributed by atoms with Gasteiger partial charge in [-0.25, -0.2) is 12.8 Å². The number of aryl methyl sites for hydroxylation is 1. The molecule has 226 valence electrons. The lowest BCUT2D eigenvalue weighted by molar-refractivity contribution is -0.140. The first-order chi connectivity index (χ1) is 20.0. The van der Waals surface area contributed by atoms with E-state index in [1.165, 1.54) is 41.3 Å². The Labute approximate surface area is 248 Å². The van der Waals surface area contributed by atoms with Crippen molar-refractivity contribution in [2.45, 2.75) is 58.5 Å². The molecule has 0 aliphatic rings. The van der Waals surface area contributed by atoms with Crippen LogP contribution in [-0.2, 0) is 26.2 Å². The van der Waals surface area contributed by atoms with E-state index >= 15 is 0 Å². The normalized spacial score (nSPS) is 12.1. The number of sulfonamides is 1. The predicted octanol–water partition coefficient (Wildman–Crippen LogP) is 5.31. The summed E-state index contributed by atoms with van der Waals surface area (Å²) in [5, 5.41) is 2.91. The summed E-state index contributed by atoms with van der Waals surface area (Å²) >= 11 is 0. The van der Waals surface area contributed by atoms with Crippen molar-refractivity contribution in [3.8, 4) is 5.75 Å². The van der Waals surface area contributed by atoms with Crippen molar-refractivity contribution in [3.63, 3.8) is 0 Å². The molecule has 0 radical (unpaired) electrons. The minimum absolute atomic E-state index is 0.0600. The molecule has 0 aliphatic heterocycles. The highest BCUT2D eigenvalue weighted by Crippen LogP contribution is 2.27. The fraction of sp³-hybridized carbons (Fsp3) is 0.375. The van der Waals surface area contributed by atoms with Gasteiger partial charge in [0.15, 0.2) is 0 Å². The number of hydrogen-bond donors (Lipinski definition) is 1. The number of nitrogens with zero attached hydrogens (tertiary/aromatic N) is 2. The topological polar surface area (TPSA) is 96.0 Å². The van der Waals surface area contributed by atoms with Gasteiger partial charge < -0.3 is 15.0 Å². The van der Waals surface area contributed by atoms with Gasteiger partial charge in [0.05, 0.1) is 17.2 Å². The van der Waals surface area contributed by atoms with Gasteiger partial charge in [0.1, 0.15) is 24.2 Å². The average Bonchev–Trinajstić information content (AvgIpc) is 2.96. The lowest BCUT2D eigenvalue weighted by atomic mass is 10.1. The molecule has 0 bridgehead atoms. The van der Waals surface area contributed by atoms with Gasteiger partial charge in [0, 0.05) is 13.1 Å². The number of amides is 2. The first-order valence-corrected chi connectivity index (χ1v) is 15.5. The third kappa shape index (κ3) is 8.31. The number of carbonyl (C=O) groups excluding carboxylic acids is 2. The van der Waals surface area contributed by atoms with Crippen LogP contribution in [0, 0.1) is 18.7 Å². The SMILES string of the molecule is CCOc1ccc(S(=O)(=O)N(CC(=O)N(Cc2ccccc2C)[C@H](CC)C(=O)NCC(C)C)c2ccc(F)cc2)cc1. The van der Waals surface area contributed by atoms with Crippen LogP contribution in [0.25, 0.3) is 0 Å². The van der Waals surface area contributed by atoms with Crippen molar-refractivity contribution in [2.24, 2.45) is 5.92 Å². The van der Waals surface area contributed by atoms with Crippen LogP contribution in [0.4, 0.5) is 10.1 Å². The monoisotopic (exact) mass is 597 g/mol. The minimum atomic E-state index is -4.28. The molecule has 10 heteroatoms. The summed E-state index contributed by atoms with van der Waals surface area (Å²) in [4.78, 5) is 28.8. The third-order valence-corrected chi connectivity index (χ3v) is 8.58. The summed E-state index contributed by atoms with van der Waals surface area (Å²) in [6.07, 6.45) is 0.323. The fourth-order valence-corrected chi connectivity index (χ4v) is 5.87. The zero-order valence-electron chi connectivity index (χ0n) is 24.8. The molecule has 1 N–H and O–H groups in total. The molecular weight excluding hydrogens is 557 g/mol. The maximum absolute atomic E-state index is 14.1. The Morgan fingerprint density at radius 2 is 1.60 bits per heavy atom. The van der Waals surface area contributed by atoms with Gasteiger partial charge in [-0.05, 0) is 85.8 Å². The lowest BCUT2D eigenvalue weighted by Crippen LogP contribution is -2.52. The van der Waals surface area contributed by atoms with Gasteiger partial charge >= 0.3 is 0 Å². The minimum Gasteiger partial charge on any atom is -0.494 e. The molecule has 0 saturated carbocycles. The van der Waals surface area contributed by atoms with Gasteiger partial charge in [0.25, 0.3) is 10.0 Å². The Morgan fingerprint density at radius 1 is 0.952 bits per heavy atom. The Kier molecular flexibility index (Phi) is 11.5. The Bertz CT molecular complexity index is 1440. The molecule has 0 heterocycles. The summed E-state index contributed by atoms with van der Waals surface area (Å²) in [5.74, 6) is -0.708. The molecular formula is C32H40FN3O5S. The lowest BCUT2D eigenvalue weighted by Gasteiger charge is -2.33. The molecule has 0 aromatic heterocycles. The summed E-state index contributed by atoms with van der Waals surface area (Å²) in [6, 6.07) is 17.5. The van der Waals surface area contributed by atoms with Crippen molar-refractivity contribution in [1.29, 1.82) is 0 Å². The molecule has 2 amide bonds. The van der Waals surface area contributed by atoms with Crippen LogP contribution in [0.2, 0.25) is 0 Å². The van der Waals surface area contributed by atoms with Crippen molar-refractivity contribution >= 4 is 27.5 Å². The Morgan fingerprint density at radius 3 is 2.17 bits per heavy atom. The maximum Gasteiger partial charge on any atom is 0.264 e. The Balaban J connectivity index is 2.04. The number of rotatable bonds is 14. The molecule has 3 aromatic carbocycles. The van der Waals surface area contributed by atoms with Gasteiger partial charge in [-0.2, -0.15) is 0 Å². The predicted molar refractivity (Wildman–Crippen MR) is 162 cm³/mol. The summed E-state index contributed by atoms with van der Waals surface area (Å²) in [6.45, 7) is 9.87. The summed E-state index contributed by atoms with van der Waals surface area (Å²) in [7, 11) is -4.28. The van der Waals surface area contributed by atoms with Crippen molar-refractivity contribution in [3.05, 3.63) is 89.7 Å². The second-order valence-electron chi connectivity index (χ2n) is 10.4.